The van der Waals surface area contributed by atoms with Gasteiger partial charge in [-0.3, -0.25) is 0 Å². The van der Waals surface area contributed by atoms with Crippen molar-refractivity contribution in [1.29, 1.82) is 0 Å². The Kier molecular flexibility index (Phi) is 43.5. The second kappa shape index (κ2) is 13.0. The summed E-state index contributed by atoms with van der Waals surface area (Å²) in [4.78, 5) is 25.6. The zero-order valence-electron chi connectivity index (χ0n) is 5.16. The first-order chi connectivity index (χ1) is 2.00. The molecular weight excluding hydrogens is 208 g/mol. The van der Waals surface area contributed by atoms with Crippen LogP contribution in [0.4, 0.5) is 0 Å². The molecule has 0 atom stereocenters. The monoisotopic (exact) mass is 210 g/mol. The van der Waals surface area contributed by atoms with Crippen LogP contribution in [-0.4, -0.2) is 35.0 Å². The van der Waals surface area contributed by atoms with Crippen LogP contribution in [0, 0.1) is 0 Å². The summed E-state index contributed by atoms with van der Waals surface area (Å²) in [5, 5.41) is 0. The Hall–Kier alpha value is 2.38. The average Bonchev–Trinajstić information content (AvgIpc) is 0.722. The molecule has 0 heterocycles. The predicted octanol–water partition coefficient (Wildman–Crippen LogP) is -9.58. The van der Waals surface area contributed by atoms with Crippen molar-refractivity contribution in [2.75, 3.05) is 0 Å². The zero-order valence-corrected chi connectivity index (χ0v) is 9.30. The van der Waals surface area contributed by atoms with Crippen LogP contribution in [0.15, 0.2) is 0 Å². The first-order valence-electron chi connectivity index (χ1n) is 0.730. The van der Waals surface area contributed by atoms with Crippen molar-refractivity contribution >= 4 is 42.8 Å². The molecule has 0 unspecified atom stereocenters. The molecule has 0 aliphatic rings. The smallest absolute Gasteiger partial charge is 0.822 e. The summed E-state index contributed by atoms with van der Waals surface area (Å²) in [7, 11) is -5.39. The van der Waals surface area contributed by atoms with E-state index in [0.717, 1.165) is 0 Å². The van der Waals surface area contributed by atoms with Crippen molar-refractivity contribution in [2.45, 2.75) is 0 Å². The van der Waals surface area contributed by atoms with E-state index in [0.29, 0.717) is 0 Å². The van der Waals surface area contributed by atoms with Crippen LogP contribution < -0.4 is 52.4 Å². The van der Waals surface area contributed by atoms with Gasteiger partial charge in [0, 0.05) is 17.6 Å². The molecular formula is AlGeLi2O4P+2. The summed E-state index contributed by atoms with van der Waals surface area (Å²) in [5.41, 5.74) is 0. The zero-order chi connectivity index (χ0) is 4.50. The molecule has 0 amide bonds. The maximum Gasteiger partial charge on any atom is 3.00 e. The van der Waals surface area contributed by atoms with Gasteiger partial charge in [-0.2, -0.15) is 7.82 Å². The molecule has 4 radical (unpaired) electrons. The maximum atomic E-state index is 8.55. The van der Waals surface area contributed by atoms with E-state index in [1.807, 2.05) is 0 Å². The number of phosphoric acid groups is 1. The van der Waals surface area contributed by atoms with E-state index in [2.05, 4.69) is 0 Å². The largest absolute Gasteiger partial charge is 3.00 e. The molecule has 36 valence electrons. The molecule has 0 aliphatic carbocycles. The van der Waals surface area contributed by atoms with E-state index >= 15 is 0 Å². The Bertz CT molecular complexity index is 64.7. The van der Waals surface area contributed by atoms with Crippen LogP contribution >= 0.6 is 7.82 Å². The van der Waals surface area contributed by atoms with Crippen LogP contribution in [0.2, 0.25) is 0 Å². The van der Waals surface area contributed by atoms with Gasteiger partial charge in [-0.1, -0.05) is 0 Å². The van der Waals surface area contributed by atoms with Gasteiger partial charge in [-0.15, -0.1) is 0 Å². The first-order valence-corrected chi connectivity index (χ1v) is 2.19. The standard InChI is InChI=1S/Al.Ge.2Li.H3O4P/c;;;;1-5(2,3)4/h;;;;(H3,1,2,3,4)/q+3;;2*+1;/p-3. The van der Waals surface area contributed by atoms with Gasteiger partial charge in [-0.25, -0.2) is 0 Å². The van der Waals surface area contributed by atoms with Crippen LogP contribution in [-0.2, 0) is 4.57 Å². The van der Waals surface area contributed by atoms with E-state index < -0.39 is 7.82 Å². The summed E-state index contributed by atoms with van der Waals surface area (Å²) in [6.07, 6.45) is 0. The quantitative estimate of drug-likeness (QED) is 0.292. The Morgan fingerprint density at radius 2 is 1.00 bits per heavy atom. The van der Waals surface area contributed by atoms with Gasteiger partial charge >= 0.3 is 55.1 Å². The van der Waals surface area contributed by atoms with Crippen molar-refractivity contribution in [2.24, 2.45) is 0 Å². The van der Waals surface area contributed by atoms with Crippen molar-refractivity contribution in [3.05, 3.63) is 0 Å². The minimum absolute atomic E-state index is 0. The molecule has 0 rings (SSSR count). The van der Waals surface area contributed by atoms with Gasteiger partial charge in [0.1, 0.15) is 0 Å². The first kappa shape index (κ1) is 30.1. The molecule has 9 heavy (non-hydrogen) atoms. The fourth-order valence-electron chi connectivity index (χ4n) is 0. The van der Waals surface area contributed by atoms with E-state index in [9.17, 15) is 0 Å². The fraction of sp³-hybridized carbons (Fsp3) is 0. The van der Waals surface area contributed by atoms with Gasteiger partial charge in [0.15, 0.2) is 0 Å². The van der Waals surface area contributed by atoms with Crippen LogP contribution in [0.1, 0.15) is 0 Å². The Labute approximate surface area is 98.9 Å². The number of hydrogen-bond acceptors (Lipinski definition) is 4. The Balaban J connectivity index is -0.0000000133. The molecule has 0 bridgehead atoms. The molecule has 0 aromatic heterocycles. The minimum Gasteiger partial charge on any atom is -0.822 e. The minimum atomic E-state index is -5.39. The third-order valence-corrected chi connectivity index (χ3v) is 0. The molecule has 0 fully saturated rings. The van der Waals surface area contributed by atoms with Gasteiger partial charge in [-0.05, 0) is 0 Å². The second-order valence-corrected chi connectivity index (χ2v) is 1.34. The van der Waals surface area contributed by atoms with Crippen LogP contribution in [0.25, 0.3) is 0 Å². The molecule has 0 aromatic carbocycles. The summed E-state index contributed by atoms with van der Waals surface area (Å²) in [6.45, 7) is 0. The summed E-state index contributed by atoms with van der Waals surface area (Å²) < 4.78 is 8.55. The van der Waals surface area contributed by atoms with Gasteiger partial charge in [0.25, 0.3) is 0 Å². The van der Waals surface area contributed by atoms with Crippen molar-refractivity contribution < 1.29 is 57.0 Å². The number of hydrogen-bond donors (Lipinski definition) is 0. The van der Waals surface area contributed by atoms with E-state index in [-0.39, 0.29) is 72.7 Å². The van der Waals surface area contributed by atoms with Crippen LogP contribution in [0.5, 0.6) is 0 Å². The summed E-state index contributed by atoms with van der Waals surface area (Å²) in [5.74, 6) is 0. The van der Waals surface area contributed by atoms with Crippen molar-refractivity contribution in [1.82, 2.24) is 0 Å². The summed E-state index contributed by atoms with van der Waals surface area (Å²) >= 11 is 0. The molecule has 0 saturated heterocycles. The molecule has 9 heteroatoms. The van der Waals surface area contributed by atoms with Crippen molar-refractivity contribution in [3.8, 4) is 0 Å². The third kappa shape index (κ3) is 129. The molecule has 0 aromatic rings. The SMILES string of the molecule is O=P([O-])([O-])[O-].[Al+3].[Ge].[Li+].[Li+]. The Morgan fingerprint density at radius 3 is 1.00 bits per heavy atom. The van der Waals surface area contributed by atoms with Gasteiger partial charge in [0.2, 0.25) is 0 Å². The molecule has 0 saturated carbocycles. The molecule has 0 aliphatic heterocycles. The van der Waals surface area contributed by atoms with E-state index in [1.165, 1.54) is 0 Å². The second-order valence-electron chi connectivity index (χ2n) is 0.447. The topological polar surface area (TPSA) is 86.2 Å². The Morgan fingerprint density at radius 1 is 1.00 bits per heavy atom. The third-order valence-electron chi connectivity index (χ3n) is 0. The maximum absolute atomic E-state index is 8.55. The van der Waals surface area contributed by atoms with Gasteiger partial charge < -0.3 is 19.2 Å². The normalized spacial score (nSPS) is 6.56. The van der Waals surface area contributed by atoms with Crippen molar-refractivity contribution in [3.63, 3.8) is 0 Å². The molecule has 0 N–H and O–H groups in total. The molecule has 0 spiro atoms. The van der Waals surface area contributed by atoms with E-state index in [1.54, 1.807) is 0 Å². The average molecular weight is 208 g/mol. The van der Waals surface area contributed by atoms with E-state index in [4.69, 9.17) is 19.2 Å². The fourth-order valence-corrected chi connectivity index (χ4v) is 0. The number of rotatable bonds is 0. The van der Waals surface area contributed by atoms with Gasteiger partial charge in [0.05, 0.1) is 0 Å². The van der Waals surface area contributed by atoms with Crippen LogP contribution in [0.3, 0.4) is 0 Å². The summed E-state index contributed by atoms with van der Waals surface area (Å²) in [6, 6.07) is 0. The molecule has 4 nitrogen and oxygen atoms in total. The predicted molar refractivity (Wildman–Crippen MR) is 19.1 cm³/mol.